The molecule has 4 rings (SSSR count). The molecular formula is C21H22N2O3S. The van der Waals surface area contributed by atoms with Gasteiger partial charge in [-0.25, -0.2) is 8.42 Å². The van der Waals surface area contributed by atoms with Gasteiger partial charge in [0.25, 0.3) is 0 Å². The number of fused-ring (bicyclic) bond motifs is 1. The zero-order chi connectivity index (χ0) is 18.9. The molecule has 3 aromatic rings. The van der Waals surface area contributed by atoms with Crippen LogP contribution in [0.3, 0.4) is 0 Å². The van der Waals surface area contributed by atoms with Crippen molar-refractivity contribution in [2.24, 2.45) is 0 Å². The van der Waals surface area contributed by atoms with E-state index in [1.54, 1.807) is 0 Å². The largest absolute Gasteiger partial charge is 0.352 e. The van der Waals surface area contributed by atoms with Crippen molar-refractivity contribution in [3.05, 3.63) is 60.7 Å². The summed E-state index contributed by atoms with van der Waals surface area (Å²) in [6.45, 7) is 0.545. The van der Waals surface area contributed by atoms with Crippen molar-refractivity contribution in [3.8, 4) is 11.3 Å². The Hall–Kier alpha value is -2.60. The molecule has 1 amide bonds. The van der Waals surface area contributed by atoms with Gasteiger partial charge in [-0.3, -0.25) is 4.79 Å². The predicted molar refractivity (Wildman–Crippen MR) is 107 cm³/mol. The number of rotatable bonds is 5. The summed E-state index contributed by atoms with van der Waals surface area (Å²) in [6.07, 6.45) is 0.824. The van der Waals surface area contributed by atoms with Crippen LogP contribution in [0.4, 0.5) is 0 Å². The van der Waals surface area contributed by atoms with Crippen LogP contribution in [0.15, 0.2) is 60.7 Å². The third-order valence-corrected chi connectivity index (χ3v) is 6.81. The van der Waals surface area contributed by atoms with Gasteiger partial charge in [0.2, 0.25) is 5.91 Å². The maximum atomic E-state index is 12.4. The van der Waals surface area contributed by atoms with Crippen molar-refractivity contribution >= 4 is 26.6 Å². The Morgan fingerprint density at radius 1 is 1.07 bits per heavy atom. The van der Waals surface area contributed by atoms with Gasteiger partial charge in [0, 0.05) is 35.6 Å². The van der Waals surface area contributed by atoms with Gasteiger partial charge in [0.1, 0.15) is 0 Å². The summed E-state index contributed by atoms with van der Waals surface area (Å²) in [4.78, 5) is 12.4. The Labute approximate surface area is 158 Å². The van der Waals surface area contributed by atoms with Crippen molar-refractivity contribution in [2.45, 2.75) is 25.4 Å². The van der Waals surface area contributed by atoms with Crippen molar-refractivity contribution in [2.75, 3.05) is 11.5 Å². The van der Waals surface area contributed by atoms with Crippen molar-refractivity contribution in [1.82, 2.24) is 9.88 Å². The number of carbonyl (C=O) groups is 1. The number of hydrogen-bond acceptors (Lipinski definition) is 3. The number of para-hydroxylation sites is 1. The molecular weight excluding hydrogens is 360 g/mol. The Bertz CT molecular complexity index is 1070. The molecule has 1 fully saturated rings. The number of nitrogens with one attached hydrogen (secondary N) is 1. The van der Waals surface area contributed by atoms with Gasteiger partial charge in [-0.2, -0.15) is 0 Å². The molecule has 1 aliphatic rings. The van der Waals surface area contributed by atoms with Gasteiger partial charge in [-0.15, -0.1) is 0 Å². The lowest BCUT2D eigenvalue weighted by Gasteiger charge is -2.13. The molecule has 2 heterocycles. The summed E-state index contributed by atoms with van der Waals surface area (Å²) in [5, 5.41) is 4.01. The summed E-state index contributed by atoms with van der Waals surface area (Å²) in [6, 6.07) is 20.2. The van der Waals surface area contributed by atoms with E-state index in [1.165, 1.54) is 0 Å². The van der Waals surface area contributed by atoms with E-state index in [1.807, 2.05) is 30.3 Å². The fourth-order valence-corrected chi connectivity index (χ4v) is 5.39. The van der Waals surface area contributed by atoms with Crippen molar-refractivity contribution < 1.29 is 13.2 Å². The van der Waals surface area contributed by atoms with E-state index < -0.39 is 9.84 Å². The molecule has 0 saturated carbocycles. The summed E-state index contributed by atoms with van der Waals surface area (Å²) < 4.78 is 25.3. The van der Waals surface area contributed by atoms with Gasteiger partial charge in [0.05, 0.1) is 11.5 Å². The minimum absolute atomic E-state index is 0.0560. The fourth-order valence-electron chi connectivity index (χ4n) is 3.72. The maximum Gasteiger partial charge on any atom is 0.222 e. The van der Waals surface area contributed by atoms with E-state index in [2.05, 4.69) is 40.2 Å². The smallest absolute Gasteiger partial charge is 0.222 e. The second kappa shape index (κ2) is 7.19. The number of nitrogens with zero attached hydrogens (tertiary/aromatic N) is 1. The standard InChI is InChI=1S/C21H22N2O3S/c24-21(22-18-11-13-27(25,26)15-18)10-12-23-19-9-5-4-8-17(19)14-20(23)16-6-2-1-3-7-16/h1-9,14,18H,10-13,15H2,(H,22,24)/t18-/m0/s1. The first-order valence-electron chi connectivity index (χ1n) is 9.15. The van der Waals surface area contributed by atoms with Crippen LogP contribution < -0.4 is 5.32 Å². The molecule has 0 aliphatic carbocycles. The average Bonchev–Trinajstić information content (AvgIpc) is 3.20. The highest BCUT2D eigenvalue weighted by molar-refractivity contribution is 7.91. The number of aromatic nitrogens is 1. The van der Waals surface area contributed by atoms with E-state index >= 15 is 0 Å². The number of benzene rings is 2. The number of hydrogen-bond donors (Lipinski definition) is 1. The number of sulfone groups is 1. The molecule has 0 spiro atoms. The normalized spacial score (nSPS) is 18.6. The van der Waals surface area contributed by atoms with Gasteiger partial charge in [-0.1, -0.05) is 48.5 Å². The Morgan fingerprint density at radius 2 is 1.81 bits per heavy atom. The van der Waals surface area contributed by atoms with Crippen LogP contribution in [0.5, 0.6) is 0 Å². The molecule has 6 heteroatoms. The highest BCUT2D eigenvalue weighted by Gasteiger charge is 2.28. The minimum Gasteiger partial charge on any atom is -0.352 e. The third kappa shape index (κ3) is 3.90. The zero-order valence-corrected chi connectivity index (χ0v) is 15.8. The molecule has 5 nitrogen and oxygen atoms in total. The molecule has 1 aromatic heterocycles. The molecule has 2 aromatic carbocycles. The molecule has 27 heavy (non-hydrogen) atoms. The molecule has 0 radical (unpaired) electrons. The number of aryl methyl sites for hydroxylation is 1. The van der Waals surface area contributed by atoms with Crippen molar-refractivity contribution in [3.63, 3.8) is 0 Å². The quantitative estimate of drug-likeness (QED) is 0.738. The lowest BCUT2D eigenvalue weighted by Crippen LogP contribution is -2.36. The van der Waals surface area contributed by atoms with E-state index in [-0.39, 0.29) is 23.5 Å². The van der Waals surface area contributed by atoms with Gasteiger partial charge >= 0.3 is 0 Å². The minimum atomic E-state index is -2.99. The summed E-state index contributed by atoms with van der Waals surface area (Å²) in [5.41, 5.74) is 3.27. The third-order valence-electron chi connectivity index (χ3n) is 5.04. The monoisotopic (exact) mass is 382 g/mol. The lowest BCUT2D eigenvalue weighted by molar-refractivity contribution is -0.121. The molecule has 1 atom stereocenters. The first-order valence-corrected chi connectivity index (χ1v) is 11.0. The maximum absolute atomic E-state index is 12.4. The molecule has 1 saturated heterocycles. The second-order valence-corrected chi connectivity index (χ2v) is 9.25. The SMILES string of the molecule is O=C(CCn1c(-c2ccccc2)cc2ccccc21)N[C@H]1CCS(=O)(=O)C1. The molecule has 0 unspecified atom stereocenters. The van der Waals surface area contributed by atoms with Gasteiger partial charge < -0.3 is 9.88 Å². The fraction of sp³-hybridized carbons (Fsp3) is 0.286. The summed E-state index contributed by atoms with van der Waals surface area (Å²) >= 11 is 0. The Balaban J connectivity index is 1.54. The molecule has 140 valence electrons. The summed E-state index contributed by atoms with van der Waals surface area (Å²) in [7, 11) is -2.99. The zero-order valence-electron chi connectivity index (χ0n) is 15.0. The average molecular weight is 382 g/mol. The van der Waals surface area contributed by atoms with Gasteiger partial charge in [-0.05, 0) is 24.1 Å². The Kier molecular flexibility index (Phi) is 4.74. The van der Waals surface area contributed by atoms with Crippen LogP contribution in [-0.4, -0.2) is 36.4 Å². The van der Waals surface area contributed by atoms with Crippen molar-refractivity contribution in [1.29, 1.82) is 0 Å². The molecule has 0 bridgehead atoms. The Morgan fingerprint density at radius 3 is 2.56 bits per heavy atom. The number of carbonyl (C=O) groups excluding carboxylic acids is 1. The van der Waals surface area contributed by atoms with E-state index in [0.717, 1.165) is 22.2 Å². The van der Waals surface area contributed by atoms with E-state index in [0.29, 0.717) is 19.4 Å². The van der Waals surface area contributed by atoms with Crippen LogP contribution >= 0.6 is 0 Å². The second-order valence-electron chi connectivity index (χ2n) is 7.02. The van der Waals surface area contributed by atoms with Crippen LogP contribution in [-0.2, 0) is 21.2 Å². The lowest BCUT2D eigenvalue weighted by atomic mass is 10.1. The highest BCUT2D eigenvalue weighted by atomic mass is 32.2. The van der Waals surface area contributed by atoms with Crippen LogP contribution in [0.25, 0.3) is 22.2 Å². The topological polar surface area (TPSA) is 68.2 Å². The van der Waals surface area contributed by atoms with Gasteiger partial charge in [0.15, 0.2) is 9.84 Å². The predicted octanol–water partition coefficient (Wildman–Crippen LogP) is 3.00. The van der Waals surface area contributed by atoms with Crippen LogP contribution in [0, 0.1) is 0 Å². The first-order chi connectivity index (χ1) is 13.0. The highest BCUT2D eigenvalue weighted by Crippen LogP contribution is 2.28. The van der Waals surface area contributed by atoms with E-state index in [9.17, 15) is 13.2 Å². The first kappa shape index (κ1) is 17.8. The summed E-state index contributed by atoms with van der Waals surface area (Å²) in [5.74, 6) is 0.118. The van der Waals surface area contributed by atoms with Crippen LogP contribution in [0.2, 0.25) is 0 Å². The van der Waals surface area contributed by atoms with Crippen LogP contribution in [0.1, 0.15) is 12.8 Å². The number of amides is 1. The van der Waals surface area contributed by atoms with E-state index in [4.69, 9.17) is 0 Å². The molecule has 1 N–H and O–H groups in total. The molecule has 1 aliphatic heterocycles.